The third kappa shape index (κ3) is 1.91. The first-order valence-corrected chi connectivity index (χ1v) is 9.48. The first-order valence-electron chi connectivity index (χ1n) is 9.48. The normalized spacial score (nSPS) is 42.2. The monoisotopic (exact) mass is 326 g/mol. The summed E-state index contributed by atoms with van der Waals surface area (Å²) in [6, 6.07) is 6.31. The third-order valence-corrected chi connectivity index (χ3v) is 7.74. The summed E-state index contributed by atoms with van der Waals surface area (Å²) < 4.78 is 11.3. The number of carbonyl (C=O) groups is 1. The van der Waals surface area contributed by atoms with E-state index in [9.17, 15) is 4.79 Å². The highest BCUT2D eigenvalue weighted by molar-refractivity contribution is 5.69. The molecule has 0 N–H and O–H groups in total. The van der Waals surface area contributed by atoms with Gasteiger partial charge in [-0.1, -0.05) is 13.0 Å². The lowest BCUT2D eigenvalue weighted by atomic mass is 9.54. The molecule has 1 spiro atoms. The lowest BCUT2D eigenvalue weighted by Crippen LogP contribution is -2.45. The van der Waals surface area contributed by atoms with E-state index in [1.165, 1.54) is 50.2 Å². The van der Waals surface area contributed by atoms with Gasteiger partial charge in [0.05, 0.1) is 12.2 Å². The van der Waals surface area contributed by atoms with E-state index in [0.29, 0.717) is 17.1 Å². The maximum atomic E-state index is 11.2. The van der Waals surface area contributed by atoms with E-state index >= 15 is 0 Å². The van der Waals surface area contributed by atoms with Gasteiger partial charge in [0.1, 0.15) is 5.75 Å². The number of benzene rings is 1. The summed E-state index contributed by atoms with van der Waals surface area (Å²) in [5.74, 6) is 2.77. The number of carbonyl (C=O) groups excluding carboxylic acids is 1. The molecule has 5 unspecified atom stereocenters. The van der Waals surface area contributed by atoms with Gasteiger partial charge in [-0.15, -0.1) is 0 Å². The van der Waals surface area contributed by atoms with E-state index in [2.05, 4.69) is 19.1 Å². The maximum absolute atomic E-state index is 11.2. The lowest BCUT2D eigenvalue weighted by Gasteiger charge is -2.50. The van der Waals surface area contributed by atoms with E-state index in [4.69, 9.17) is 9.47 Å². The van der Waals surface area contributed by atoms with Gasteiger partial charge in [0.25, 0.3) is 0 Å². The molecule has 2 saturated carbocycles. The molecule has 3 aliphatic carbocycles. The fourth-order valence-corrected chi connectivity index (χ4v) is 6.44. The van der Waals surface area contributed by atoms with E-state index in [-0.39, 0.29) is 11.6 Å². The van der Waals surface area contributed by atoms with Crippen LogP contribution in [0.1, 0.15) is 63.0 Å². The zero-order chi connectivity index (χ0) is 16.5. The van der Waals surface area contributed by atoms with Crippen molar-refractivity contribution in [1.29, 1.82) is 0 Å². The van der Waals surface area contributed by atoms with Crippen LogP contribution in [0.25, 0.3) is 0 Å². The molecule has 1 heterocycles. The van der Waals surface area contributed by atoms with Crippen LogP contribution >= 0.6 is 0 Å². The van der Waals surface area contributed by atoms with Gasteiger partial charge in [-0.2, -0.15) is 0 Å². The lowest BCUT2D eigenvalue weighted by molar-refractivity contribution is -0.131. The minimum Gasteiger partial charge on any atom is -0.427 e. The smallest absolute Gasteiger partial charge is 0.308 e. The number of fused-ring (bicyclic) bond motifs is 6. The van der Waals surface area contributed by atoms with Crippen molar-refractivity contribution in [1.82, 2.24) is 0 Å². The molecule has 1 aromatic carbocycles. The molecule has 0 radical (unpaired) electrons. The minimum atomic E-state index is -0.238. The van der Waals surface area contributed by atoms with E-state index in [1.54, 1.807) is 0 Å². The minimum absolute atomic E-state index is 0.238. The molecule has 1 saturated heterocycles. The predicted molar refractivity (Wildman–Crippen MR) is 91.1 cm³/mol. The van der Waals surface area contributed by atoms with Crippen LogP contribution in [0.4, 0.5) is 0 Å². The van der Waals surface area contributed by atoms with Gasteiger partial charge >= 0.3 is 5.97 Å². The molecule has 3 fully saturated rings. The zero-order valence-electron chi connectivity index (χ0n) is 14.6. The quantitative estimate of drug-likeness (QED) is 0.440. The number of hydrogen-bond donors (Lipinski definition) is 0. The van der Waals surface area contributed by atoms with Gasteiger partial charge in [0.15, 0.2) is 0 Å². The second kappa shape index (κ2) is 4.85. The van der Waals surface area contributed by atoms with Crippen LogP contribution in [-0.4, -0.2) is 18.2 Å². The Morgan fingerprint density at radius 1 is 1.25 bits per heavy atom. The van der Waals surface area contributed by atoms with Gasteiger partial charge in [-0.3, -0.25) is 4.79 Å². The third-order valence-electron chi connectivity index (χ3n) is 7.74. The maximum Gasteiger partial charge on any atom is 0.308 e. The van der Waals surface area contributed by atoms with Crippen molar-refractivity contribution in [2.24, 2.45) is 17.3 Å². The first-order chi connectivity index (χ1) is 11.5. The van der Waals surface area contributed by atoms with Gasteiger partial charge in [-0.25, -0.2) is 0 Å². The summed E-state index contributed by atoms with van der Waals surface area (Å²) in [5, 5.41) is 0. The Labute approximate surface area is 143 Å². The molecule has 3 heteroatoms. The van der Waals surface area contributed by atoms with Crippen molar-refractivity contribution in [2.75, 3.05) is 6.61 Å². The Bertz CT molecular complexity index is 705. The summed E-state index contributed by atoms with van der Waals surface area (Å²) in [6.07, 6.45) is 7.59. The van der Waals surface area contributed by atoms with Crippen LogP contribution in [0, 0.1) is 17.3 Å². The van der Waals surface area contributed by atoms with Gasteiger partial charge in [0.2, 0.25) is 0 Å². The number of esters is 1. The summed E-state index contributed by atoms with van der Waals surface area (Å²) >= 11 is 0. The second-order valence-corrected chi connectivity index (χ2v) is 8.65. The fraction of sp³-hybridized carbons (Fsp3) is 0.667. The van der Waals surface area contributed by atoms with Crippen LogP contribution in [0.5, 0.6) is 5.75 Å². The van der Waals surface area contributed by atoms with Crippen molar-refractivity contribution < 1.29 is 14.3 Å². The van der Waals surface area contributed by atoms with Crippen LogP contribution in [0.15, 0.2) is 18.2 Å². The van der Waals surface area contributed by atoms with Crippen LogP contribution in [0.3, 0.4) is 0 Å². The Morgan fingerprint density at radius 2 is 2.08 bits per heavy atom. The van der Waals surface area contributed by atoms with Gasteiger partial charge in [0, 0.05) is 12.3 Å². The fourth-order valence-electron chi connectivity index (χ4n) is 6.44. The molecule has 5 atom stereocenters. The van der Waals surface area contributed by atoms with Crippen LogP contribution in [-0.2, 0) is 16.0 Å². The topological polar surface area (TPSA) is 38.8 Å². The Morgan fingerprint density at radius 3 is 2.83 bits per heavy atom. The molecular weight excluding hydrogens is 300 g/mol. The summed E-state index contributed by atoms with van der Waals surface area (Å²) in [6.45, 7) is 4.97. The molecule has 3 nitrogen and oxygen atoms in total. The Hall–Kier alpha value is -1.35. The molecule has 0 aromatic heterocycles. The molecule has 1 aromatic rings. The average molecular weight is 326 g/mol. The van der Waals surface area contributed by atoms with Crippen molar-refractivity contribution in [3.05, 3.63) is 29.3 Å². The molecule has 128 valence electrons. The molecular formula is C21H26O3. The Balaban J connectivity index is 1.46. The second-order valence-electron chi connectivity index (χ2n) is 8.65. The first kappa shape index (κ1) is 14.9. The molecule has 4 aliphatic rings. The van der Waals surface area contributed by atoms with Gasteiger partial charge < -0.3 is 9.47 Å². The molecule has 24 heavy (non-hydrogen) atoms. The highest BCUT2D eigenvalue weighted by Crippen LogP contribution is 2.68. The van der Waals surface area contributed by atoms with Crippen LogP contribution < -0.4 is 4.74 Å². The highest BCUT2D eigenvalue weighted by Gasteiger charge is 2.68. The van der Waals surface area contributed by atoms with Crippen molar-refractivity contribution in [3.63, 3.8) is 0 Å². The average Bonchev–Trinajstić information content (AvgIpc) is 3.28. The van der Waals surface area contributed by atoms with Crippen molar-refractivity contribution in [2.45, 2.75) is 63.9 Å². The predicted octanol–water partition coefficient (Wildman–Crippen LogP) is 4.24. The summed E-state index contributed by atoms with van der Waals surface area (Å²) in [5.41, 5.74) is 3.56. The van der Waals surface area contributed by atoms with Crippen molar-refractivity contribution >= 4 is 5.97 Å². The number of epoxide rings is 1. The molecule has 5 rings (SSSR count). The molecule has 0 amide bonds. The van der Waals surface area contributed by atoms with E-state index in [1.807, 2.05) is 6.07 Å². The number of ether oxygens (including phenoxy) is 2. The van der Waals surface area contributed by atoms with Crippen LogP contribution in [0.2, 0.25) is 0 Å². The zero-order valence-corrected chi connectivity index (χ0v) is 14.6. The number of hydrogen-bond acceptors (Lipinski definition) is 3. The molecule has 0 bridgehead atoms. The standard InChI is InChI=1S/C21H26O3/c1-13(22)24-15-4-6-16-14(11-15)3-5-18-17(16)7-9-20(2)19(18)8-10-21(20)12-23-21/h4,6,11,17-19H,3,5,7-10,12H2,1-2H3. The summed E-state index contributed by atoms with van der Waals surface area (Å²) in [7, 11) is 0. The number of rotatable bonds is 1. The van der Waals surface area contributed by atoms with Crippen molar-refractivity contribution in [3.8, 4) is 5.75 Å². The van der Waals surface area contributed by atoms with Gasteiger partial charge in [-0.05, 0) is 79.5 Å². The summed E-state index contributed by atoms with van der Waals surface area (Å²) in [4.78, 5) is 11.2. The Kier molecular flexibility index (Phi) is 3.02. The highest BCUT2D eigenvalue weighted by atomic mass is 16.6. The van der Waals surface area contributed by atoms with E-state index in [0.717, 1.165) is 24.9 Å². The molecule has 1 aliphatic heterocycles. The number of aryl methyl sites for hydroxylation is 1. The van der Waals surface area contributed by atoms with E-state index < -0.39 is 0 Å². The SMILES string of the molecule is CC(=O)Oc1ccc2c(c1)CCC1C2CCC2(C)C1CCC21CO1. The largest absolute Gasteiger partial charge is 0.427 e.